The molecule has 4 N–H and O–H groups in total. The summed E-state index contributed by atoms with van der Waals surface area (Å²) < 4.78 is 1.76. The Morgan fingerprint density at radius 1 is 1.50 bits per heavy atom. The molecule has 2 rings (SSSR count). The number of imidazole rings is 1. The van der Waals surface area contributed by atoms with Gasteiger partial charge in [-0.1, -0.05) is 0 Å². The van der Waals surface area contributed by atoms with Crippen molar-refractivity contribution in [2.45, 2.75) is 0 Å². The predicted octanol–water partition coefficient (Wildman–Crippen LogP) is 0.560. The van der Waals surface area contributed by atoms with Gasteiger partial charge in [-0.3, -0.25) is 4.40 Å². The van der Waals surface area contributed by atoms with Gasteiger partial charge in [-0.2, -0.15) is 0 Å². The van der Waals surface area contributed by atoms with E-state index < -0.39 is 0 Å². The minimum absolute atomic E-state index is 0.543. The first-order valence-corrected chi connectivity index (χ1v) is 3.62. The molecule has 10 heavy (non-hydrogen) atoms. The van der Waals surface area contributed by atoms with E-state index in [1.165, 1.54) is 11.3 Å². The molecule has 52 valence electrons. The van der Waals surface area contributed by atoms with Gasteiger partial charge < -0.3 is 11.5 Å². The van der Waals surface area contributed by atoms with Crippen LogP contribution in [0.2, 0.25) is 0 Å². The van der Waals surface area contributed by atoms with Crippen LogP contribution in [0.4, 0.5) is 11.6 Å². The molecule has 0 aliphatic rings. The number of aromatic nitrogens is 2. The summed E-state index contributed by atoms with van der Waals surface area (Å²) in [7, 11) is 0. The summed E-state index contributed by atoms with van der Waals surface area (Å²) in [5.74, 6) is 1.23. The van der Waals surface area contributed by atoms with Crippen molar-refractivity contribution in [1.29, 1.82) is 0 Å². The van der Waals surface area contributed by atoms with Crippen LogP contribution >= 0.6 is 11.3 Å². The monoisotopic (exact) mass is 154 g/mol. The van der Waals surface area contributed by atoms with Crippen molar-refractivity contribution >= 4 is 27.8 Å². The first kappa shape index (κ1) is 5.55. The molecule has 0 unspecified atom stereocenters. The van der Waals surface area contributed by atoms with Crippen molar-refractivity contribution < 1.29 is 0 Å². The van der Waals surface area contributed by atoms with Crippen LogP contribution in [-0.2, 0) is 0 Å². The molecule has 0 spiro atoms. The molecule has 2 heterocycles. The van der Waals surface area contributed by atoms with E-state index in [0.29, 0.717) is 11.6 Å². The number of nitrogens with two attached hydrogens (primary N) is 2. The first-order chi connectivity index (χ1) is 4.79. The fraction of sp³-hybridized carbons (Fsp3) is 0. The van der Waals surface area contributed by atoms with Crippen LogP contribution in [0.25, 0.3) is 4.83 Å². The van der Waals surface area contributed by atoms with Gasteiger partial charge in [-0.25, -0.2) is 4.98 Å². The van der Waals surface area contributed by atoms with E-state index in [1.54, 1.807) is 10.7 Å². The Kier molecular flexibility index (Phi) is 0.906. The summed E-state index contributed by atoms with van der Waals surface area (Å²) in [5.41, 5.74) is 11.1. The Labute approximate surface area is 61.1 Å². The van der Waals surface area contributed by atoms with E-state index in [4.69, 9.17) is 11.5 Å². The molecule has 0 bridgehead atoms. The number of hydrogen-bond acceptors (Lipinski definition) is 4. The highest BCUT2D eigenvalue weighted by molar-refractivity contribution is 7.16. The number of fused-ring (bicyclic) bond motifs is 1. The van der Waals surface area contributed by atoms with Gasteiger partial charge in [-0.05, 0) is 0 Å². The Morgan fingerprint density at radius 2 is 2.30 bits per heavy atom. The molecule has 0 saturated carbocycles. The molecule has 2 aromatic heterocycles. The number of anilines is 2. The van der Waals surface area contributed by atoms with Gasteiger partial charge in [-0.15, -0.1) is 11.3 Å². The first-order valence-electron chi connectivity index (χ1n) is 2.74. The van der Waals surface area contributed by atoms with E-state index in [2.05, 4.69) is 4.98 Å². The van der Waals surface area contributed by atoms with Gasteiger partial charge in [0.1, 0.15) is 17.0 Å². The van der Waals surface area contributed by atoms with Gasteiger partial charge in [0.05, 0.1) is 0 Å². The molecular formula is C5H6N4S. The van der Waals surface area contributed by atoms with Crippen molar-refractivity contribution in [2.24, 2.45) is 0 Å². The molecule has 5 heteroatoms. The number of nitrogens with zero attached hydrogens (tertiary/aromatic N) is 2. The molecule has 0 fully saturated rings. The molecule has 0 aliphatic heterocycles. The summed E-state index contributed by atoms with van der Waals surface area (Å²) in [6.07, 6.45) is 1.62. The largest absolute Gasteiger partial charge is 0.384 e. The Bertz CT molecular complexity index is 324. The quantitative estimate of drug-likeness (QED) is 0.582. The molecule has 2 aromatic rings. The molecule has 0 saturated heterocycles. The third-order valence-electron chi connectivity index (χ3n) is 1.32. The standard InChI is InChI=1S/C5H6N4S/c6-3-1-10-5-4(7)8-2-9(3)5/h1-2H,6-7H2. The minimum Gasteiger partial charge on any atom is -0.384 e. The minimum atomic E-state index is 0.543. The van der Waals surface area contributed by atoms with Gasteiger partial charge in [0.15, 0.2) is 5.82 Å². The van der Waals surface area contributed by atoms with Crippen LogP contribution in [0, 0.1) is 0 Å². The van der Waals surface area contributed by atoms with Crippen LogP contribution in [0.1, 0.15) is 0 Å². The molecule has 4 nitrogen and oxygen atoms in total. The van der Waals surface area contributed by atoms with E-state index in [1.807, 2.05) is 5.38 Å². The van der Waals surface area contributed by atoms with Crippen LogP contribution < -0.4 is 11.5 Å². The second-order valence-corrected chi connectivity index (χ2v) is 2.82. The highest BCUT2D eigenvalue weighted by Gasteiger charge is 2.03. The number of nitrogen functional groups attached to an aromatic ring is 2. The lowest BCUT2D eigenvalue weighted by Crippen LogP contribution is -1.88. The second-order valence-electron chi connectivity index (χ2n) is 1.97. The molecule has 0 amide bonds. The summed E-state index contributed by atoms with van der Waals surface area (Å²) in [6, 6.07) is 0. The zero-order valence-corrected chi connectivity index (χ0v) is 5.93. The third kappa shape index (κ3) is 0.522. The highest BCUT2D eigenvalue weighted by Crippen LogP contribution is 2.22. The van der Waals surface area contributed by atoms with E-state index in [0.717, 1.165) is 4.83 Å². The lowest BCUT2D eigenvalue weighted by molar-refractivity contribution is 1.19. The highest BCUT2D eigenvalue weighted by atomic mass is 32.1. The van der Waals surface area contributed by atoms with Crippen molar-refractivity contribution in [1.82, 2.24) is 9.38 Å². The zero-order valence-electron chi connectivity index (χ0n) is 5.11. The maximum Gasteiger partial charge on any atom is 0.160 e. The fourth-order valence-corrected chi connectivity index (χ4v) is 1.61. The number of thiazole rings is 1. The van der Waals surface area contributed by atoms with Crippen LogP contribution in [0.15, 0.2) is 11.7 Å². The molecule has 0 aromatic carbocycles. The fourth-order valence-electron chi connectivity index (χ4n) is 0.825. The third-order valence-corrected chi connectivity index (χ3v) is 2.31. The van der Waals surface area contributed by atoms with E-state index in [9.17, 15) is 0 Å². The molecular weight excluding hydrogens is 148 g/mol. The average molecular weight is 154 g/mol. The van der Waals surface area contributed by atoms with Gasteiger partial charge >= 0.3 is 0 Å². The van der Waals surface area contributed by atoms with Gasteiger partial charge in [0.2, 0.25) is 0 Å². The van der Waals surface area contributed by atoms with E-state index in [-0.39, 0.29) is 0 Å². The van der Waals surface area contributed by atoms with Crippen molar-refractivity contribution in [3.05, 3.63) is 11.7 Å². The van der Waals surface area contributed by atoms with Crippen molar-refractivity contribution in [3.8, 4) is 0 Å². The smallest absolute Gasteiger partial charge is 0.160 e. The Morgan fingerprint density at radius 3 is 3.00 bits per heavy atom. The molecule has 0 atom stereocenters. The maximum absolute atomic E-state index is 5.57. The Hall–Kier alpha value is -1.23. The number of hydrogen-bond donors (Lipinski definition) is 2. The number of rotatable bonds is 0. The van der Waals surface area contributed by atoms with Gasteiger partial charge in [0.25, 0.3) is 0 Å². The predicted molar refractivity (Wildman–Crippen MR) is 41.9 cm³/mol. The van der Waals surface area contributed by atoms with Crippen LogP contribution in [0.3, 0.4) is 0 Å². The van der Waals surface area contributed by atoms with Crippen LogP contribution in [0.5, 0.6) is 0 Å². The normalized spacial score (nSPS) is 10.8. The summed E-state index contributed by atoms with van der Waals surface area (Å²) in [6.45, 7) is 0. The van der Waals surface area contributed by atoms with Crippen molar-refractivity contribution in [3.63, 3.8) is 0 Å². The zero-order chi connectivity index (χ0) is 7.14. The van der Waals surface area contributed by atoms with E-state index >= 15 is 0 Å². The maximum atomic E-state index is 5.57. The van der Waals surface area contributed by atoms with Gasteiger partial charge in [0, 0.05) is 5.38 Å². The summed E-state index contributed by atoms with van der Waals surface area (Å²) in [4.78, 5) is 4.80. The summed E-state index contributed by atoms with van der Waals surface area (Å²) in [5, 5.41) is 1.84. The topological polar surface area (TPSA) is 69.3 Å². The lowest BCUT2D eigenvalue weighted by atomic mass is 10.7. The average Bonchev–Trinajstić information content (AvgIpc) is 2.41. The Balaban J connectivity index is 2.95. The lowest BCUT2D eigenvalue weighted by Gasteiger charge is -1.83. The van der Waals surface area contributed by atoms with Crippen LogP contribution in [-0.4, -0.2) is 9.38 Å². The second kappa shape index (κ2) is 1.63. The molecule has 0 aliphatic carbocycles. The van der Waals surface area contributed by atoms with Crippen molar-refractivity contribution in [2.75, 3.05) is 11.5 Å². The molecule has 0 radical (unpaired) electrons. The summed E-state index contributed by atoms with van der Waals surface area (Å²) >= 11 is 1.50. The SMILES string of the molecule is Nc1ncn2c(N)csc12.